The zero-order chi connectivity index (χ0) is 21.2. The van der Waals surface area contributed by atoms with Gasteiger partial charge in [0, 0.05) is 10.5 Å². The Labute approximate surface area is 174 Å². The van der Waals surface area contributed by atoms with E-state index < -0.39 is 12.5 Å². The summed E-state index contributed by atoms with van der Waals surface area (Å²) in [5, 5.41) is 5.13. The maximum atomic E-state index is 12.6. The molecule has 0 spiro atoms. The second-order valence-corrected chi connectivity index (χ2v) is 13.4. The molecule has 1 unspecified atom stereocenters. The van der Waals surface area contributed by atoms with Gasteiger partial charge in [0.2, 0.25) is 0 Å². The Kier molecular flexibility index (Phi) is 7.09. The third-order valence-electron chi connectivity index (χ3n) is 4.35. The number of benzene rings is 2. The fourth-order valence-electron chi connectivity index (χ4n) is 2.51. The first-order valence-corrected chi connectivity index (χ1v) is 12.3. The minimum absolute atomic E-state index is 0.0325. The summed E-state index contributed by atoms with van der Waals surface area (Å²) in [6.07, 6.45) is -2.60. The molecule has 0 aromatic heterocycles. The summed E-state index contributed by atoms with van der Waals surface area (Å²) >= 11 is 6.02. The lowest BCUT2D eigenvalue weighted by atomic mass is 10.1. The van der Waals surface area contributed by atoms with Gasteiger partial charge in [-0.15, -0.1) is 0 Å². The molecule has 0 aliphatic rings. The van der Waals surface area contributed by atoms with E-state index in [0.717, 1.165) is 16.5 Å². The third kappa shape index (κ3) is 5.87. The highest BCUT2D eigenvalue weighted by Gasteiger charge is 2.37. The van der Waals surface area contributed by atoms with Gasteiger partial charge in [-0.05, 0) is 51.0 Å². The van der Waals surface area contributed by atoms with Crippen LogP contribution in [0, 0.1) is 0 Å². The van der Waals surface area contributed by atoms with Crippen LogP contribution in [0.2, 0.25) is 0 Å². The summed E-state index contributed by atoms with van der Waals surface area (Å²) in [5.74, 6) is 0.712. The van der Waals surface area contributed by atoms with Gasteiger partial charge in [0.1, 0.15) is 12.4 Å². The molecule has 0 aliphatic heterocycles. The van der Waals surface area contributed by atoms with Crippen LogP contribution in [0.15, 0.2) is 42.5 Å². The fourth-order valence-corrected chi connectivity index (χ4v) is 5.03. The molecule has 2 aromatic carbocycles. The number of fused-ring (bicyclic) bond motifs is 1. The predicted molar refractivity (Wildman–Crippen MR) is 122 cm³/mol. The third-order valence-corrected chi connectivity index (χ3v) is 9.48. The van der Waals surface area contributed by atoms with Crippen LogP contribution in [0.1, 0.15) is 48.5 Å². The van der Waals surface area contributed by atoms with Crippen LogP contribution < -0.4 is 9.61 Å². The maximum absolute atomic E-state index is 12.6. The molecule has 154 valence electrons. The Bertz CT molecular complexity index is 878. The van der Waals surface area contributed by atoms with E-state index in [2.05, 4.69) is 25.9 Å². The van der Waals surface area contributed by atoms with Crippen molar-refractivity contribution in [1.29, 1.82) is 0 Å². The van der Waals surface area contributed by atoms with Crippen LogP contribution in [0.5, 0.6) is 5.75 Å². The predicted octanol–water partition coefficient (Wildman–Crippen LogP) is 5.69. The Morgan fingerprint density at radius 3 is 2.29 bits per heavy atom. The minimum atomic E-state index is -2.60. The van der Waals surface area contributed by atoms with Crippen LogP contribution in [0.25, 0.3) is 10.8 Å². The van der Waals surface area contributed by atoms with E-state index in [1.807, 2.05) is 70.2 Å². The van der Waals surface area contributed by atoms with E-state index in [4.69, 9.17) is 21.1 Å². The van der Waals surface area contributed by atoms with Crippen LogP contribution in [-0.4, -0.2) is 29.2 Å². The van der Waals surface area contributed by atoms with Crippen molar-refractivity contribution in [2.45, 2.75) is 65.3 Å². The van der Waals surface area contributed by atoms with Crippen molar-refractivity contribution in [1.82, 2.24) is 5.09 Å². The average Bonchev–Trinajstić information content (AvgIpc) is 2.58. The highest BCUT2D eigenvalue weighted by Crippen LogP contribution is 2.56. The normalized spacial score (nSPS) is 15.8. The monoisotopic (exact) mass is 421 g/mol. The highest BCUT2D eigenvalue weighted by molar-refractivity contribution is 8.12. The number of ether oxygens (including phenoxy) is 1. The van der Waals surface area contributed by atoms with Gasteiger partial charge in [-0.25, -0.2) is 5.09 Å². The van der Waals surface area contributed by atoms with Crippen molar-refractivity contribution < 1.29 is 14.1 Å². The lowest BCUT2D eigenvalue weighted by Crippen LogP contribution is -2.41. The van der Waals surface area contributed by atoms with Crippen molar-refractivity contribution in [3.05, 3.63) is 42.5 Å². The molecule has 2 aromatic rings. The number of carbonyl (C=O) groups excluding carboxylic acids is 1. The molecule has 2 atom stereocenters. The quantitative estimate of drug-likeness (QED) is 0.582. The Balaban J connectivity index is 2.27. The molecule has 4 nitrogen and oxygen atoms in total. The Morgan fingerprint density at radius 1 is 1.07 bits per heavy atom. The summed E-state index contributed by atoms with van der Waals surface area (Å²) in [6, 6.07) is 13.6. The summed E-state index contributed by atoms with van der Waals surface area (Å²) < 4.78 is 12.1. The van der Waals surface area contributed by atoms with Gasteiger partial charge in [0.05, 0.1) is 11.6 Å². The average molecular weight is 422 g/mol. The summed E-state index contributed by atoms with van der Waals surface area (Å²) in [6.45, 7) is 13.8. The van der Waals surface area contributed by atoms with E-state index in [1.165, 1.54) is 0 Å². The number of ketones is 1. The van der Waals surface area contributed by atoms with Crippen molar-refractivity contribution in [3.63, 3.8) is 0 Å². The van der Waals surface area contributed by atoms with Crippen LogP contribution in [-0.2, 0) is 21.3 Å². The molecule has 0 heterocycles. The van der Waals surface area contributed by atoms with Gasteiger partial charge >= 0.3 is 0 Å². The fraction of sp³-hybridized carbons (Fsp3) is 0.500. The molecule has 0 aliphatic carbocycles. The maximum Gasteiger partial charge on any atom is 0.184 e. The van der Waals surface area contributed by atoms with Crippen LogP contribution >= 0.6 is 6.42 Å². The number of hydrogen-bond acceptors (Lipinski definition) is 4. The number of carbonyl (C=O) groups is 1. The van der Waals surface area contributed by atoms with Crippen LogP contribution in [0.3, 0.4) is 0 Å². The van der Waals surface area contributed by atoms with E-state index in [9.17, 15) is 4.79 Å². The number of nitrogens with one attached hydrogen (secondary N) is 1. The van der Waals surface area contributed by atoms with E-state index in [1.54, 1.807) is 0 Å². The molecule has 0 saturated carbocycles. The van der Waals surface area contributed by atoms with E-state index >= 15 is 0 Å². The van der Waals surface area contributed by atoms with Gasteiger partial charge in [-0.1, -0.05) is 57.2 Å². The Morgan fingerprint density at radius 2 is 1.68 bits per heavy atom. The van der Waals surface area contributed by atoms with Gasteiger partial charge in [0.15, 0.2) is 12.2 Å². The first-order valence-electron chi connectivity index (χ1n) is 9.54. The molecule has 6 heteroatoms. The van der Waals surface area contributed by atoms with Crippen molar-refractivity contribution in [3.8, 4) is 5.75 Å². The van der Waals surface area contributed by atoms with Crippen LogP contribution in [0.4, 0.5) is 0 Å². The van der Waals surface area contributed by atoms with Crippen molar-refractivity contribution in [2.75, 3.05) is 6.61 Å². The zero-order valence-electron chi connectivity index (χ0n) is 17.9. The molecular weight excluding hydrogens is 389 g/mol. The van der Waals surface area contributed by atoms with Gasteiger partial charge in [-0.3, -0.25) is 4.79 Å². The van der Waals surface area contributed by atoms with Gasteiger partial charge < -0.3 is 9.26 Å². The molecule has 0 radical (unpaired) electrons. The highest BCUT2D eigenvalue weighted by atomic mass is 32.4. The summed E-state index contributed by atoms with van der Waals surface area (Å²) in [5.41, 5.74) is -0.362. The summed E-state index contributed by atoms with van der Waals surface area (Å²) in [7, 11) is 0. The van der Waals surface area contributed by atoms with Gasteiger partial charge in [0.25, 0.3) is 0 Å². The summed E-state index contributed by atoms with van der Waals surface area (Å²) in [4.78, 5) is 12.6. The lowest BCUT2D eigenvalue weighted by Gasteiger charge is -2.37. The molecule has 0 bridgehead atoms. The SMILES string of the molecule is C[C@H](NP(=S)(Oc1cccc2ccccc12)C(C)(C)C)C(=O)COC(C)(C)C. The van der Waals surface area contributed by atoms with E-state index in [-0.39, 0.29) is 23.1 Å². The molecule has 0 fully saturated rings. The van der Waals surface area contributed by atoms with E-state index in [0.29, 0.717) is 0 Å². The number of Topliss-reactive ketones (excluding diaryl/α,β-unsaturated/α-hetero) is 1. The molecule has 0 saturated heterocycles. The first-order chi connectivity index (χ1) is 12.8. The zero-order valence-corrected chi connectivity index (χ0v) is 19.6. The molecule has 28 heavy (non-hydrogen) atoms. The molecule has 0 amide bonds. The smallest absolute Gasteiger partial charge is 0.184 e. The second-order valence-electron chi connectivity index (χ2n) is 9.01. The topological polar surface area (TPSA) is 47.6 Å². The Hall–Kier alpha value is -1.26. The first kappa shape index (κ1) is 23.0. The molecule has 2 rings (SSSR count). The van der Waals surface area contributed by atoms with Crippen molar-refractivity contribution >= 4 is 34.8 Å². The molecular formula is C22H32NO3PS. The number of hydrogen-bond donors (Lipinski definition) is 1. The largest absolute Gasteiger partial charge is 0.452 e. The standard InChI is InChI=1S/C22H32NO3PS/c1-16(19(24)15-25-21(2,3)4)23-27(28,22(5,6)7)26-20-14-10-12-17-11-8-9-13-18(17)20/h8-14,16H,15H2,1-7H3,(H,23,28)/t16-,27?/m0/s1. The second kappa shape index (κ2) is 8.62. The van der Waals surface area contributed by atoms with Gasteiger partial charge in [-0.2, -0.15) is 0 Å². The molecule has 1 N–H and O–H groups in total. The lowest BCUT2D eigenvalue weighted by molar-refractivity contribution is -0.129. The minimum Gasteiger partial charge on any atom is -0.452 e. The van der Waals surface area contributed by atoms with Crippen molar-refractivity contribution in [2.24, 2.45) is 0 Å². The number of rotatable bonds is 7.